The predicted octanol–water partition coefficient (Wildman–Crippen LogP) is 4.54. The fourth-order valence-electron chi connectivity index (χ4n) is 2.36. The maximum atomic E-state index is 12.1. The first-order valence-electron chi connectivity index (χ1n) is 6.05. The molecule has 0 bridgehead atoms. The van der Waals surface area contributed by atoms with E-state index in [2.05, 4.69) is 17.0 Å². The predicted molar refractivity (Wildman–Crippen MR) is 68.5 cm³/mol. The van der Waals surface area contributed by atoms with E-state index in [0.29, 0.717) is 6.04 Å². The zero-order chi connectivity index (χ0) is 13.1. The van der Waals surface area contributed by atoms with Gasteiger partial charge in [0, 0.05) is 11.7 Å². The highest BCUT2D eigenvalue weighted by atomic mass is 35.5. The Hall–Kier alpha value is -1.03. The summed E-state index contributed by atoms with van der Waals surface area (Å²) in [6.07, 6.45) is 3.49. The molecule has 0 amide bonds. The van der Waals surface area contributed by atoms with Crippen LogP contribution in [-0.4, -0.2) is 12.7 Å². The van der Waals surface area contributed by atoms with Gasteiger partial charge in [0.1, 0.15) is 5.75 Å². The fourth-order valence-corrected chi connectivity index (χ4v) is 2.58. The molecule has 18 heavy (non-hydrogen) atoms. The average molecular weight is 276 g/mol. The van der Waals surface area contributed by atoms with E-state index in [1.54, 1.807) is 12.1 Å². The fraction of sp³-hybridized carbons (Fsp3) is 0.538. The third-order valence-corrected chi connectivity index (χ3v) is 3.51. The molecule has 100 valence electrons. The molecule has 1 N–H and O–H groups in total. The van der Waals surface area contributed by atoms with Crippen molar-refractivity contribution in [3.63, 3.8) is 0 Å². The van der Waals surface area contributed by atoms with Crippen molar-refractivity contribution in [3.8, 4) is 5.75 Å². The van der Waals surface area contributed by atoms with Gasteiger partial charge in [0.15, 0.2) is 0 Å². The van der Waals surface area contributed by atoms with E-state index in [9.17, 15) is 8.78 Å². The van der Waals surface area contributed by atoms with Crippen molar-refractivity contribution in [2.24, 2.45) is 5.92 Å². The molecule has 2 atom stereocenters. The Morgan fingerprint density at radius 1 is 1.39 bits per heavy atom. The van der Waals surface area contributed by atoms with Crippen LogP contribution in [0.2, 0.25) is 5.02 Å². The van der Waals surface area contributed by atoms with Crippen LogP contribution in [0.4, 0.5) is 14.5 Å². The maximum Gasteiger partial charge on any atom is 0.387 e. The van der Waals surface area contributed by atoms with Crippen LogP contribution >= 0.6 is 11.6 Å². The Morgan fingerprint density at radius 2 is 2.17 bits per heavy atom. The molecule has 5 heteroatoms. The molecular weight excluding hydrogens is 260 g/mol. The molecular formula is C13H16ClF2NO. The molecule has 0 saturated heterocycles. The Bertz CT molecular complexity index is 414. The summed E-state index contributed by atoms with van der Waals surface area (Å²) in [7, 11) is 0. The maximum absolute atomic E-state index is 12.1. The zero-order valence-corrected chi connectivity index (χ0v) is 10.9. The van der Waals surface area contributed by atoms with Crippen LogP contribution in [-0.2, 0) is 0 Å². The summed E-state index contributed by atoms with van der Waals surface area (Å²) in [5.74, 6) is 0.747. The molecule has 2 unspecified atom stereocenters. The molecule has 0 aliphatic heterocycles. The summed E-state index contributed by atoms with van der Waals surface area (Å²) in [6.45, 7) is -0.620. The summed E-state index contributed by atoms with van der Waals surface area (Å²) in [5.41, 5.74) is 0.848. The first-order chi connectivity index (χ1) is 8.54. The van der Waals surface area contributed by atoms with E-state index < -0.39 is 6.61 Å². The molecule has 1 saturated carbocycles. The molecule has 1 aromatic carbocycles. The van der Waals surface area contributed by atoms with Gasteiger partial charge in [-0.2, -0.15) is 8.78 Å². The second-order valence-corrected chi connectivity index (χ2v) is 5.19. The lowest BCUT2D eigenvalue weighted by Gasteiger charge is -2.15. The number of ether oxygens (including phenoxy) is 1. The number of benzene rings is 1. The van der Waals surface area contributed by atoms with Crippen molar-refractivity contribution >= 4 is 17.3 Å². The van der Waals surface area contributed by atoms with Gasteiger partial charge in [0.25, 0.3) is 0 Å². The second-order valence-electron chi connectivity index (χ2n) is 4.78. The number of nitrogens with one attached hydrogen (secondary N) is 1. The number of rotatable bonds is 4. The van der Waals surface area contributed by atoms with Gasteiger partial charge in [0.2, 0.25) is 0 Å². The highest BCUT2D eigenvalue weighted by molar-refractivity contribution is 6.32. The molecule has 1 aliphatic carbocycles. The third kappa shape index (κ3) is 3.48. The number of alkyl halides is 2. The van der Waals surface area contributed by atoms with Crippen LogP contribution in [0, 0.1) is 5.92 Å². The van der Waals surface area contributed by atoms with E-state index in [1.165, 1.54) is 12.5 Å². The molecule has 0 spiro atoms. The molecule has 0 radical (unpaired) electrons. The number of hydrogen-bond acceptors (Lipinski definition) is 2. The molecule has 0 heterocycles. The van der Waals surface area contributed by atoms with Crippen LogP contribution in [0.5, 0.6) is 5.75 Å². The van der Waals surface area contributed by atoms with E-state index >= 15 is 0 Å². The van der Waals surface area contributed by atoms with Gasteiger partial charge in [-0.25, -0.2) is 0 Å². The Morgan fingerprint density at radius 3 is 2.72 bits per heavy atom. The molecule has 2 nitrogen and oxygen atoms in total. The van der Waals surface area contributed by atoms with Crippen molar-refractivity contribution in [2.45, 2.75) is 38.8 Å². The molecule has 1 fully saturated rings. The van der Waals surface area contributed by atoms with Crippen molar-refractivity contribution in [1.29, 1.82) is 0 Å². The minimum absolute atomic E-state index is 0.0111. The van der Waals surface area contributed by atoms with Crippen LogP contribution in [0.15, 0.2) is 18.2 Å². The Labute approximate surface area is 110 Å². The van der Waals surface area contributed by atoms with Crippen LogP contribution < -0.4 is 10.1 Å². The van der Waals surface area contributed by atoms with Crippen molar-refractivity contribution in [3.05, 3.63) is 23.2 Å². The van der Waals surface area contributed by atoms with E-state index in [0.717, 1.165) is 24.4 Å². The van der Waals surface area contributed by atoms with Gasteiger partial charge in [0.05, 0.1) is 5.02 Å². The van der Waals surface area contributed by atoms with E-state index in [4.69, 9.17) is 11.6 Å². The molecule has 2 rings (SSSR count). The molecule has 0 aromatic heterocycles. The summed E-state index contributed by atoms with van der Waals surface area (Å²) < 4.78 is 28.4. The second kappa shape index (κ2) is 5.74. The number of hydrogen-bond donors (Lipinski definition) is 1. The van der Waals surface area contributed by atoms with Crippen LogP contribution in [0.1, 0.15) is 26.2 Å². The van der Waals surface area contributed by atoms with E-state index in [1.807, 2.05) is 0 Å². The largest absolute Gasteiger partial charge is 0.433 e. The number of halogens is 3. The van der Waals surface area contributed by atoms with Crippen molar-refractivity contribution in [1.82, 2.24) is 0 Å². The summed E-state index contributed by atoms with van der Waals surface area (Å²) >= 11 is 5.89. The van der Waals surface area contributed by atoms with Gasteiger partial charge >= 0.3 is 6.61 Å². The average Bonchev–Trinajstić information content (AvgIpc) is 2.68. The van der Waals surface area contributed by atoms with Crippen LogP contribution in [0.25, 0.3) is 0 Å². The Balaban J connectivity index is 2.00. The SMILES string of the molecule is CC1CCC(Nc2ccc(OC(F)F)c(Cl)c2)C1. The minimum Gasteiger partial charge on any atom is -0.433 e. The summed E-state index contributed by atoms with van der Waals surface area (Å²) in [5, 5.41) is 3.57. The van der Waals surface area contributed by atoms with Gasteiger partial charge in [-0.05, 0) is 43.4 Å². The highest BCUT2D eigenvalue weighted by Gasteiger charge is 2.21. The van der Waals surface area contributed by atoms with Gasteiger partial charge in [-0.1, -0.05) is 18.5 Å². The smallest absolute Gasteiger partial charge is 0.387 e. The summed E-state index contributed by atoms with van der Waals surface area (Å²) in [4.78, 5) is 0. The normalized spacial score (nSPS) is 23.4. The monoisotopic (exact) mass is 275 g/mol. The molecule has 1 aromatic rings. The first-order valence-corrected chi connectivity index (χ1v) is 6.43. The van der Waals surface area contributed by atoms with Gasteiger partial charge in [-0.15, -0.1) is 0 Å². The molecule has 1 aliphatic rings. The lowest BCUT2D eigenvalue weighted by Crippen LogP contribution is -2.15. The lowest BCUT2D eigenvalue weighted by atomic mass is 10.1. The minimum atomic E-state index is -2.85. The van der Waals surface area contributed by atoms with Gasteiger partial charge in [-0.3, -0.25) is 0 Å². The lowest BCUT2D eigenvalue weighted by molar-refractivity contribution is -0.0497. The highest BCUT2D eigenvalue weighted by Crippen LogP contribution is 2.32. The quantitative estimate of drug-likeness (QED) is 0.871. The van der Waals surface area contributed by atoms with Crippen molar-refractivity contribution in [2.75, 3.05) is 5.32 Å². The number of anilines is 1. The Kier molecular flexibility index (Phi) is 4.27. The standard InChI is InChI=1S/C13H16ClF2NO/c1-8-2-3-9(6-8)17-10-4-5-12(11(14)7-10)18-13(15)16/h4-5,7-9,13,17H,2-3,6H2,1H3. The van der Waals surface area contributed by atoms with Gasteiger partial charge < -0.3 is 10.1 Å². The first kappa shape index (κ1) is 13.4. The summed E-state index contributed by atoms with van der Waals surface area (Å²) in [6, 6.07) is 5.25. The topological polar surface area (TPSA) is 21.3 Å². The van der Waals surface area contributed by atoms with Crippen molar-refractivity contribution < 1.29 is 13.5 Å². The van der Waals surface area contributed by atoms with E-state index in [-0.39, 0.29) is 10.8 Å². The van der Waals surface area contributed by atoms with Crippen LogP contribution in [0.3, 0.4) is 0 Å². The third-order valence-electron chi connectivity index (χ3n) is 3.21. The zero-order valence-electron chi connectivity index (χ0n) is 10.1.